The van der Waals surface area contributed by atoms with Gasteiger partial charge >= 0.3 is 0 Å². The molecule has 0 bridgehead atoms. The van der Waals surface area contributed by atoms with Crippen molar-refractivity contribution in [3.05, 3.63) is 39.8 Å². The third-order valence-electron chi connectivity index (χ3n) is 3.10. The summed E-state index contributed by atoms with van der Waals surface area (Å²) in [6.07, 6.45) is 4.84. The van der Waals surface area contributed by atoms with Gasteiger partial charge in [-0.15, -0.1) is 11.3 Å². The van der Waals surface area contributed by atoms with Gasteiger partial charge in [-0.3, -0.25) is 0 Å². The summed E-state index contributed by atoms with van der Waals surface area (Å²) in [7, 11) is 0. The van der Waals surface area contributed by atoms with Gasteiger partial charge in [-0.1, -0.05) is 37.1 Å². The van der Waals surface area contributed by atoms with Crippen LogP contribution in [0.25, 0.3) is 16.2 Å². The smallest absolute Gasteiger partial charge is 0.0352 e. The minimum atomic E-state index is 1.23. The topological polar surface area (TPSA) is 0 Å². The third-order valence-corrected chi connectivity index (χ3v) is 4.34. The van der Waals surface area contributed by atoms with E-state index in [-0.39, 0.29) is 0 Å². The molecule has 3 rings (SSSR count). The SMILES string of the molecule is CC.CC1=Cc2c(sc3ccc(C)cc23)CC1. The molecule has 2 aromatic rings. The van der Waals surface area contributed by atoms with E-state index in [2.05, 4.69) is 38.1 Å². The molecule has 0 N–H and O–H groups in total. The van der Waals surface area contributed by atoms with Crippen LogP contribution in [0.15, 0.2) is 23.8 Å². The highest BCUT2D eigenvalue weighted by atomic mass is 32.1. The Morgan fingerprint density at radius 2 is 1.82 bits per heavy atom. The van der Waals surface area contributed by atoms with Crippen LogP contribution in [0.3, 0.4) is 0 Å². The molecular weight excluding hydrogens is 224 g/mol. The van der Waals surface area contributed by atoms with Crippen molar-refractivity contribution in [2.24, 2.45) is 0 Å². The van der Waals surface area contributed by atoms with E-state index in [1.54, 1.807) is 4.88 Å². The number of aryl methyl sites for hydroxylation is 2. The Morgan fingerprint density at radius 1 is 1.06 bits per heavy atom. The average Bonchev–Trinajstić information content (AvgIpc) is 2.69. The van der Waals surface area contributed by atoms with Crippen LogP contribution >= 0.6 is 11.3 Å². The Balaban J connectivity index is 0.000000514. The van der Waals surface area contributed by atoms with Gasteiger partial charge in [-0.25, -0.2) is 0 Å². The Kier molecular flexibility index (Phi) is 3.68. The lowest BCUT2D eigenvalue weighted by atomic mass is 9.97. The number of hydrogen-bond donors (Lipinski definition) is 0. The van der Waals surface area contributed by atoms with Gasteiger partial charge in [0.1, 0.15) is 0 Å². The fourth-order valence-electron chi connectivity index (χ4n) is 2.25. The largest absolute Gasteiger partial charge is 0.140 e. The fourth-order valence-corrected chi connectivity index (χ4v) is 3.42. The van der Waals surface area contributed by atoms with Gasteiger partial charge in [0.25, 0.3) is 0 Å². The highest BCUT2D eigenvalue weighted by Crippen LogP contribution is 2.37. The van der Waals surface area contributed by atoms with Crippen LogP contribution in [0.2, 0.25) is 0 Å². The first-order valence-corrected chi connectivity index (χ1v) is 7.25. The van der Waals surface area contributed by atoms with E-state index in [1.165, 1.54) is 39.6 Å². The number of allylic oxidation sites excluding steroid dienone is 1. The first-order valence-electron chi connectivity index (χ1n) is 6.43. The number of fused-ring (bicyclic) bond motifs is 3. The van der Waals surface area contributed by atoms with Crippen molar-refractivity contribution in [3.8, 4) is 0 Å². The zero-order chi connectivity index (χ0) is 12.4. The maximum absolute atomic E-state index is 2.37. The van der Waals surface area contributed by atoms with E-state index in [0.29, 0.717) is 0 Å². The van der Waals surface area contributed by atoms with E-state index < -0.39 is 0 Å². The fraction of sp³-hybridized carbons (Fsp3) is 0.375. The van der Waals surface area contributed by atoms with Gasteiger partial charge in [0.05, 0.1) is 0 Å². The van der Waals surface area contributed by atoms with Crippen molar-refractivity contribution in [1.29, 1.82) is 0 Å². The molecule has 1 heterocycles. The van der Waals surface area contributed by atoms with Crippen LogP contribution in [-0.2, 0) is 6.42 Å². The van der Waals surface area contributed by atoms with E-state index >= 15 is 0 Å². The minimum Gasteiger partial charge on any atom is -0.140 e. The van der Waals surface area contributed by atoms with Crippen LogP contribution in [0.5, 0.6) is 0 Å². The molecule has 90 valence electrons. The van der Waals surface area contributed by atoms with Crippen LogP contribution < -0.4 is 0 Å². The molecule has 0 unspecified atom stereocenters. The maximum atomic E-state index is 2.37. The summed E-state index contributed by atoms with van der Waals surface area (Å²) in [5.41, 5.74) is 4.37. The number of benzene rings is 1. The molecule has 0 saturated carbocycles. The van der Waals surface area contributed by atoms with Crippen molar-refractivity contribution < 1.29 is 0 Å². The molecule has 0 atom stereocenters. The zero-order valence-electron chi connectivity index (χ0n) is 11.1. The zero-order valence-corrected chi connectivity index (χ0v) is 11.9. The lowest BCUT2D eigenvalue weighted by molar-refractivity contribution is 0.950. The van der Waals surface area contributed by atoms with E-state index in [4.69, 9.17) is 0 Å². The van der Waals surface area contributed by atoms with Crippen molar-refractivity contribution >= 4 is 27.5 Å². The molecule has 1 heteroatoms. The van der Waals surface area contributed by atoms with Crippen molar-refractivity contribution in [3.63, 3.8) is 0 Å². The summed E-state index contributed by atoms with van der Waals surface area (Å²) >= 11 is 1.97. The number of rotatable bonds is 0. The van der Waals surface area contributed by atoms with Gasteiger partial charge in [-0.2, -0.15) is 0 Å². The predicted octanol–water partition coefficient (Wildman–Crippen LogP) is 5.59. The molecule has 0 nitrogen and oxygen atoms in total. The average molecular weight is 244 g/mol. The summed E-state index contributed by atoms with van der Waals surface area (Å²) in [5.74, 6) is 0. The summed E-state index contributed by atoms with van der Waals surface area (Å²) in [6, 6.07) is 6.79. The summed E-state index contributed by atoms with van der Waals surface area (Å²) in [5, 5.41) is 1.45. The Bertz CT molecular complexity index is 558. The molecule has 0 spiro atoms. The normalized spacial score (nSPS) is 13.8. The van der Waals surface area contributed by atoms with Crippen molar-refractivity contribution in [2.45, 2.75) is 40.5 Å². The van der Waals surface area contributed by atoms with Crippen molar-refractivity contribution in [2.75, 3.05) is 0 Å². The molecule has 0 aliphatic heterocycles. The van der Waals surface area contributed by atoms with Gasteiger partial charge in [0.15, 0.2) is 0 Å². The van der Waals surface area contributed by atoms with Gasteiger partial charge in [0.2, 0.25) is 0 Å². The van der Waals surface area contributed by atoms with Crippen LogP contribution in [-0.4, -0.2) is 0 Å². The maximum Gasteiger partial charge on any atom is 0.0352 e. The predicted molar refractivity (Wildman–Crippen MR) is 79.9 cm³/mol. The van der Waals surface area contributed by atoms with Crippen LogP contribution in [0.4, 0.5) is 0 Å². The first kappa shape index (κ1) is 12.4. The third kappa shape index (κ3) is 2.30. The van der Waals surface area contributed by atoms with Crippen LogP contribution in [0.1, 0.15) is 43.2 Å². The summed E-state index contributed by atoms with van der Waals surface area (Å²) in [4.78, 5) is 1.57. The molecule has 0 saturated heterocycles. The van der Waals surface area contributed by atoms with Crippen LogP contribution in [0, 0.1) is 6.92 Å². The molecular formula is C16H20S. The molecule has 0 fully saturated rings. The van der Waals surface area contributed by atoms with Gasteiger partial charge in [-0.05, 0) is 44.4 Å². The Hall–Kier alpha value is -1.08. The molecule has 0 amide bonds. The summed E-state index contributed by atoms with van der Waals surface area (Å²) < 4.78 is 1.44. The second kappa shape index (κ2) is 5.05. The molecule has 17 heavy (non-hydrogen) atoms. The lowest BCUT2D eigenvalue weighted by Crippen LogP contribution is -1.92. The molecule has 1 aliphatic carbocycles. The van der Waals surface area contributed by atoms with E-state index in [9.17, 15) is 0 Å². The minimum absolute atomic E-state index is 1.23. The van der Waals surface area contributed by atoms with Gasteiger partial charge in [0, 0.05) is 15.0 Å². The molecule has 1 aliphatic rings. The Morgan fingerprint density at radius 3 is 2.59 bits per heavy atom. The molecule has 1 aromatic carbocycles. The van der Waals surface area contributed by atoms with E-state index in [1.807, 2.05) is 25.2 Å². The van der Waals surface area contributed by atoms with E-state index in [0.717, 1.165) is 0 Å². The molecule has 1 aromatic heterocycles. The second-order valence-corrected chi connectivity index (χ2v) is 5.57. The lowest BCUT2D eigenvalue weighted by Gasteiger charge is -2.09. The number of thiophene rings is 1. The highest BCUT2D eigenvalue weighted by molar-refractivity contribution is 7.19. The molecule has 0 radical (unpaired) electrons. The Labute approximate surface area is 108 Å². The monoisotopic (exact) mass is 244 g/mol. The first-order chi connectivity index (χ1) is 8.24. The van der Waals surface area contributed by atoms with Crippen molar-refractivity contribution in [1.82, 2.24) is 0 Å². The standard InChI is InChI=1S/C14H14S.C2H6/c1-9-3-5-13-11(7-9)12-8-10(2)4-6-14(12)15-13;1-2/h3,5,7-8H,4,6H2,1-2H3;1-2H3. The quantitative estimate of drug-likeness (QED) is 0.567. The number of hydrogen-bond acceptors (Lipinski definition) is 1. The van der Waals surface area contributed by atoms with Gasteiger partial charge < -0.3 is 0 Å². The summed E-state index contributed by atoms with van der Waals surface area (Å²) in [6.45, 7) is 8.41. The second-order valence-electron chi connectivity index (χ2n) is 4.43. The highest BCUT2D eigenvalue weighted by Gasteiger charge is 2.14.